The standard InChI is InChI=1S/C6H2Br3N2/c7-4-1-3(11-10)2-5(8)6(4)9/h1-2H/q-1. The summed E-state index contributed by atoms with van der Waals surface area (Å²) >= 11 is 9.90. The van der Waals surface area contributed by atoms with Crippen molar-refractivity contribution in [2.45, 2.75) is 0 Å². The van der Waals surface area contributed by atoms with Gasteiger partial charge in [-0.2, -0.15) is 0 Å². The third-order valence-electron chi connectivity index (χ3n) is 1.08. The van der Waals surface area contributed by atoms with Gasteiger partial charge in [-0.25, -0.2) is 0 Å². The molecular weight excluding hydrogens is 340 g/mol. The largest absolute Gasteiger partial charge is 0.706 e. The van der Waals surface area contributed by atoms with E-state index in [2.05, 4.69) is 52.9 Å². The van der Waals surface area contributed by atoms with Crippen molar-refractivity contribution in [1.29, 1.82) is 0 Å². The third kappa shape index (κ3) is 2.10. The first-order valence-electron chi connectivity index (χ1n) is 2.65. The van der Waals surface area contributed by atoms with Crippen molar-refractivity contribution in [3.05, 3.63) is 31.1 Å². The van der Waals surface area contributed by atoms with E-state index in [9.17, 15) is 0 Å². The number of hydrogen-bond acceptors (Lipinski definition) is 1. The Morgan fingerprint density at radius 2 is 1.55 bits per heavy atom. The average Bonchev–Trinajstić information content (AvgIpc) is 1.99. The molecule has 0 atom stereocenters. The van der Waals surface area contributed by atoms with Gasteiger partial charge in [0.1, 0.15) is 0 Å². The second-order valence-corrected chi connectivity index (χ2v) is 4.33. The number of benzene rings is 1. The Labute approximate surface area is 89.3 Å². The molecule has 0 heterocycles. The van der Waals surface area contributed by atoms with Gasteiger partial charge in [-0.3, -0.25) is 0 Å². The van der Waals surface area contributed by atoms with Gasteiger partial charge in [0.15, 0.2) is 0 Å². The van der Waals surface area contributed by atoms with Crippen LogP contribution in [0.1, 0.15) is 0 Å². The van der Waals surface area contributed by atoms with Crippen molar-refractivity contribution in [2.75, 3.05) is 0 Å². The molecule has 58 valence electrons. The lowest BCUT2D eigenvalue weighted by atomic mass is 10.3. The highest BCUT2D eigenvalue weighted by molar-refractivity contribution is 9.14. The zero-order valence-corrected chi connectivity index (χ0v) is 9.94. The Kier molecular flexibility index (Phi) is 3.21. The molecule has 0 spiro atoms. The van der Waals surface area contributed by atoms with Gasteiger partial charge in [-0.05, 0) is 59.9 Å². The smallest absolute Gasteiger partial charge is 0.0461 e. The predicted molar refractivity (Wildman–Crippen MR) is 55.0 cm³/mol. The minimum atomic E-state index is 0.506. The molecule has 2 nitrogen and oxygen atoms in total. The van der Waals surface area contributed by atoms with Crippen LogP contribution < -0.4 is 0 Å². The Morgan fingerprint density at radius 1 is 1.09 bits per heavy atom. The molecule has 1 aromatic rings. The average molecular weight is 342 g/mol. The van der Waals surface area contributed by atoms with E-state index < -0.39 is 0 Å². The van der Waals surface area contributed by atoms with Gasteiger partial charge in [0.2, 0.25) is 0 Å². The zero-order valence-electron chi connectivity index (χ0n) is 5.18. The van der Waals surface area contributed by atoms with Crippen molar-refractivity contribution in [2.24, 2.45) is 5.11 Å². The van der Waals surface area contributed by atoms with E-state index in [0.717, 1.165) is 13.4 Å². The molecular formula is C6H2Br3N2-. The minimum Gasteiger partial charge on any atom is -0.706 e. The topological polar surface area (TPSA) is 34.7 Å². The van der Waals surface area contributed by atoms with Crippen LogP contribution in [0.5, 0.6) is 0 Å². The Bertz CT molecular complexity index is 275. The number of nitrogens with zero attached hydrogens (tertiary/aromatic N) is 2. The van der Waals surface area contributed by atoms with Gasteiger partial charge in [0.25, 0.3) is 0 Å². The monoisotopic (exact) mass is 339 g/mol. The summed E-state index contributed by atoms with van der Waals surface area (Å²) in [6.07, 6.45) is 0. The van der Waals surface area contributed by atoms with Crippen molar-refractivity contribution in [3.8, 4) is 0 Å². The minimum absolute atomic E-state index is 0.506. The van der Waals surface area contributed by atoms with E-state index >= 15 is 0 Å². The van der Waals surface area contributed by atoms with Crippen LogP contribution in [0.3, 0.4) is 0 Å². The van der Waals surface area contributed by atoms with E-state index in [1.165, 1.54) is 0 Å². The summed E-state index contributed by atoms with van der Waals surface area (Å²) < 4.78 is 2.60. The van der Waals surface area contributed by atoms with E-state index in [-0.39, 0.29) is 0 Å². The second kappa shape index (κ2) is 3.78. The first-order valence-corrected chi connectivity index (χ1v) is 5.02. The Morgan fingerprint density at radius 3 is 1.91 bits per heavy atom. The number of rotatable bonds is 1. The molecule has 0 saturated heterocycles. The van der Waals surface area contributed by atoms with E-state index in [4.69, 9.17) is 5.53 Å². The molecule has 5 heteroatoms. The summed E-state index contributed by atoms with van der Waals surface area (Å²) in [5.74, 6) is 0. The van der Waals surface area contributed by atoms with Crippen molar-refractivity contribution in [1.82, 2.24) is 0 Å². The van der Waals surface area contributed by atoms with Crippen LogP contribution >= 0.6 is 47.8 Å². The highest BCUT2D eigenvalue weighted by Gasteiger charge is 2.01. The number of halogens is 3. The summed E-state index contributed by atoms with van der Waals surface area (Å²) in [4.78, 5) is 0. The molecule has 0 aliphatic heterocycles. The van der Waals surface area contributed by atoms with Gasteiger partial charge in [0.05, 0.1) is 0 Å². The van der Waals surface area contributed by atoms with Crippen LogP contribution in [0.4, 0.5) is 5.69 Å². The summed E-state index contributed by atoms with van der Waals surface area (Å²) in [5, 5.41) is 3.05. The lowest BCUT2D eigenvalue weighted by Crippen LogP contribution is -1.72. The molecule has 0 radical (unpaired) electrons. The van der Waals surface area contributed by atoms with Gasteiger partial charge >= 0.3 is 0 Å². The number of hydrogen-bond donors (Lipinski definition) is 0. The van der Waals surface area contributed by atoms with Crippen LogP contribution in [-0.4, -0.2) is 0 Å². The van der Waals surface area contributed by atoms with E-state index in [0.29, 0.717) is 5.69 Å². The summed E-state index contributed by atoms with van der Waals surface area (Å²) in [6, 6.07) is 3.41. The van der Waals surface area contributed by atoms with Gasteiger partial charge < -0.3 is 10.6 Å². The molecule has 0 unspecified atom stereocenters. The van der Waals surface area contributed by atoms with E-state index in [1.807, 2.05) is 0 Å². The Hall–Kier alpha value is 0.260. The molecule has 0 aromatic heterocycles. The van der Waals surface area contributed by atoms with Crippen LogP contribution in [-0.2, 0) is 0 Å². The molecule has 0 bridgehead atoms. The van der Waals surface area contributed by atoms with Crippen molar-refractivity contribution in [3.63, 3.8) is 0 Å². The predicted octanol–water partition coefficient (Wildman–Crippen LogP) is 4.63. The molecule has 0 aliphatic carbocycles. The van der Waals surface area contributed by atoms with Crippen LogP contribution in [0.25, 0.3) is 5.53 Å². The van der Waals surface area contributed by atoms with Gasteiger partial charge in [-0.15, -0.1) is 0 Å². The fraction of sp³-hybridized carbons (Fsp3) is 0. The Balaban J connectivity index is 3.31. The van der Waals surface area contributed by atoms with Crippen LogP contribution in [0.15, 0.2) is 30.7 Å². The second-order valence-electron chi connectivity index (χ2n) is 1.82. The molecule has 0 saturated carbocycles. The van der Waals surface area contributed by atoms with E-state index in [1.54, 1.807) is 12.1 Å². The zero-order chi connectivity index (χ0) is 8.43. The maximum absolute atomic E-state index is 8.45. The maximum atomic E-state index is 8.45. The molecule has 0 amide bonds. The summed E-state index contributed by atoms with van der Waals surface area (Å²) in [5.41, 5.74) is 8.95. The summed E-state index contributed by atoms with van der Waals surface area (Å²) in [6.45, 7) is 0. The molecule has 0 fully saturated rings. The first-order chi connectivity index (χ1) is 5.15. The summed E-state index contributed by atoms with van der Waals surface area (Å²) in [7, 11) is 0. The van der Waals surface area contributed by atoms with Gasteiger partial charge in [-0.1, -0.05) is 0 Å². The molecule has 1 rings (SSSR count). The molecule has 1 aromatic carbocycles. The SMILES string of the molecule is [N-]=Nc1cc(Br)c(Br)c(Br)c1. The quantitative estimate of drug-likeness (QED) is 0.527. The molecule has 0 aliphatic rings. The third-order valence-corrected chi connectivity index (χ3v) is 4.25. The maximum Gasteiger partial charge on any atom is 0.0461 e. The van der Waals surface area contributed by atoms with Gasteiger partial charge in [0, 0.05) is 19.1 Å². The first kappa shape index (κ1) is 9.35. The normalized spacial score (nSPS) is 9.73. The fourth-order valence-electron chi connectivity index (χ4n) is 0.600. The molecule has 11 heavy (non-hydrogen) atoms. The molecule has 0 N–H and O–H groups in total. The van der Waals surface area contributed by atoms with Crippen LogP contribution in [0.2, 0.25) is 0 Å². The highest BCUT2D eigenvalue weighted by atomic mass is 79.9. The van der Waals surface area contributed by atoms with Crippen molar-refractivity contribution < 1.29 is 0 Å². The lowest BCUT2D eigenvalue weighted by Gasteiger charge is -2.02. The van der Waals surface area contributed by atoms with Crippen LogP contribution in [0, 0.1) is 0 Å². The van der Waals surface area contributed by atoms with Crippen molar-refractivity contribution >= 4 is 53.5 Å². The lowest BCUT2D eigenvalue weighted by molar-refractivity contribution is 1.44. The highest BCUT2D eigenvalue weighted by Crippen LogP contribution is 2.34. The fourth-order valence-corrected chi connectivity index (χ4v) is 1.99.